The van der Waals surface area contributed by atoms with E-state index in [1.807, 2.05) is 42.5 Å². The average molecular weight is 958 g/mol. The van der Waals surface area contributed by atoms with Gasteiger partial charge < -0.3 is 14.0 Å². The molecule has 0 atom stereocenters. The molecule has 0 saturated carbocycles. The summed E-state index contributed by atoms with van der Waals surface area (Å²) in [5, 5.41) is 3.59. The Kier molecular flexibility index (Phi) is 11.1. The number of fused-ring (bicyclic) bond motifs is 4. The summed E-state index contributed by atoms with van der Waals surface area (Å²) in [5.74, 6) is 0.799. The van der Waals surface area contributed by atoms with Crippen LogP contribution in [-0.4, -0.2) is 22.6 Å². The Hall–Kier alpha value is -6.17. The number of benzene rings is 7. The topological polar surface area (TPSA) is 43.9 Å². The van der Waals surface area contributed by atoms with Gasteiger partial charge in [0.25, 0.3) is 0 Å². The molecule has 7 aromatic carbocycles. The van der Waals surface area contributed by atoms with Crippen LogP contribution in [0, 0.1) is 26.0 Å². The molecule has 0 aliphatic rings. The second kappa shape index (κ2) is 16.6. The zero-order valence-corrected chi connectivity index (χ0v) is 37.1. The van der Waals surface area contributed by atoms with Crippen molar-refractivity contribution in [2.24, 2.45) is 0 Å². The smallest absolute Gasteiger partial charge is 0.120 e. The number of para-hydroxylation sites is 3. The number of rotatable bonds is 6. The molecular weight excluding hydrogens is 915 g/mol. The number of aromatic nitrogens is 3. The summed E-state index contributed by atoms with van der Waals surface area (Å²) in [5.41, 5.74) is 14.8. The summed E-state index contributed by atoms with van der Waals surface area (Å²) in [6, 6.07) is 63.4. The minimum absolute atomic E-state index is 0. The monoisotopic (exact) mass is 958 g/mol. The summed E-state index contributed by atoms with van der Waals surface area (Å²) in [4.78, 5) is 9.80. The van der Waals surface area contributed by atoms with Gasteiger partial charge in [-0.3, -0.25) is 4.98 Å². The third-order valence-corrected chi connectivity index (χ3v) is 12.9. The fourth-order valence-corrected chi connectivity index (χ4v) is 9.54. The number of furan rings is 1. The van der Waals surface area contributed by atoms with E-state index in [2.05, 4.69) is 183 Å². The van der Waals surface area contributed by atoms with Crippen LogP contribution in [0.15, 0.2) is 174 Å². The molecule has 0 aliphatic heterocycles. The van der Waals surface area contributed by atoms with Gasteiger partial charge in [0, 0.05) is 42.9 Å². The van der Waals surface area contributed by atoms with Gasteiger partial charge in [0.05, 0.1) is 30.5 Å². The van der Waals surface area contributed by atoms with Gasteiger partial charge in [0.2, 0.25) is 0 Å². The van der Waals surface area contributed by atoms with E-state index in [0.29, 0.717) is 0 Å². The van der Waals surface area contributed by atoms with Crippen molar-refractivity contribution in [3.05, 3.63) is 193 Å². The number of nitrogens with zero attached hydrogens (tertiary/aromatic N) is 3. The van der Waals surface area contributed by atoms with Gasteiger partial charge in [-0.15, -0.1) is 53.6 Å². The number of hydrogen-bond donors (Lipinski definition) is 0. The van der Waals surface area contributed by atoms with Crippen molar-refractivity contribution in [1.29, 1.82) is 0 Å². The zero-order valence-electron chi connectivity index (χ0n) is 33.7. The van der Waals surface area contributed by atoms with Crippen molar-refractivity contribution in [3.8, 4) is 50.6 Å². The van der Waals surface area contributed by atoms with Crippen LogP contribution in [0.3, 0.4) is 0 Å². The Bertz CT molecular complexity index is 3050. The Morgan fingerprint density at radius 2 is 1.36 bits per heavy atom. The summed E-state index contributed by atoms with van der Waals surface area (Å²) in [6.07, 6.45) is 2.06. The Morgan fingerprint density at radius 1 is 0.644 bits per heavy atom. The predicted octanol–water partition coefficient (Wildman–Crippen LogP) is 13.4. The van der Waals surface area contributed by atoms with Crippen molar-refractivity contribution in [3.63, 3.8) is 0 Å². The standard InChI is InChI=1S/C37H23N2O.C16H20NSi.Ir/c1-3-12-25(13-4-1)27-22-23-28(26-14-5-2-6-15-26)34(24-27)39-33-20-9-8-19-32(33)38-37(39)31-18-11-17-30-29-16-7-10-21-35(29)40-36(30)31;1-12-6-8-14(9-7-12)15-10-13(2)16(11-17-15)18(3,4)5;/h1-17,19-24H;6-8,10-11H,1-5H3;/q2*-1;. The van der Waals surface area contributed by atoms with E-state index in [4.69, 9.17) is 9.40 Å². The molecule has 10 aromatic rings. The van der Waals surface area contributed by atoms with E-state index in [1.54, 1.807) is 0 Å². The molecule has 0 N–H and O–H groups in total. The fourth-order valence-electron chi connectivity index (χ4n) is 7.83. The van der Waals surface area contributed by atoms with Crippen LogP contribution < -0.4 is 5.19 Å². The second-order valence-corrected chi connectivity index (χ2v) is 20.9. The van der Waals surface area contributed by atoms with Crippen molar-refractivity contribution < 1.29 is 24.5 Å². The normalized spacial score (nSPS) is 11.3. The summed E-state index contributed by atoms with van der Waals surface area (Å²) >= 11 is 0. The number of pyridine rings is 1. The van der Waals surface area contributed by atoms with Gasteiger partial charge in [-0.05, 0) is 58.8 Å². The maximum Gasteiger partial charge on any atom is 0.120 e. The van der Waals surface area contributed by atoms with Crippen LogP contribution in [0.1, 0.15) is 11.1 Å². The van der Waals surface area contributed by atoms with Crippen LogP contribution in [0.5, 0.6) is 0 Å². The predicted molar refractivity (Wildman–Crippen MR) is 244 cm³/mol. The van der Waals surface area contributed by atoms with E-state index in [0.717, 1.165) is 78.0 Å². The third-order valence-electron chi connectivity index (χ3n) is 10.7. The summed E-state index contributed by atoms with van der Waals surface area (Å²) < 4.78 is 8.71. The summed E-state index contributed by atoms with van der Waals surface area (Å²) in [6.45, 7) is 11.3. The minimum atomic E-state index is -1.28. The van der Waals surface area contributed by atoms with Gasteiger partial charge >= 0.3 is 0 Å². The molecule has 3 aromatic heterocycles. The maximum atomic E-state index is 6.45. The van der Waals surface area contributed by atoms with E-state index < -0.39 is 8.07 Å². The van der Waals surface area contributed by atoms with Crippen molar-refractivity contribution in [2.75, 3.05) is 0 Å². The van der Waals surface area contributed by atoms with Crippen molar-refractivity contribution >= 4 is 46.2 Å². The van der Waals surface area contributed by atoms with Gasteiger partial charge in [-0.25, -0.2) is 0 Å². The van der Waals surface area contributed by atoms with Crippen LogP contribution in [0.4, 0.5) is 0 Å². The van der Waals surface area contributed by atoms with Crippen molar-refractivity contribution in [1.82, 2.24) is 14.5 Å². The second-order valence-electron chi connectivity index (χ2n) is 15.8. The molecule has 0 fully saturated rings. The molecule has 0 aliphatic carbocycles. The molecule has 6 heteroatoms. The molecule has 10 rings (SSSR count). The molecule has 3 heterocycles. The molecule has 0 saturated heterocycles. The molecule has 0 unspecified atom stereocenters. The molecule has 1 radical (unpaired) electrons. The van der Waals surface area contributed by atoms with Crippen LogP contribution in [0.25, 0.3) is 83.6 Å². The average Bonchev–Trinajstić information content (AvgIpc) is 3.83. The molecule has 4 nitrogen and oxygen atoms in total. The van der Waals surface area contributed by atoms with E-state index >= 15 is 0 Å². The van der Waals surface area contributed by atoms with Gasteiger partial charge in [-0.2, -0.15) is 0 Å². The molecule has 0 amide bonds. The SMILES string of the molecule is Cc1c[c-]c(-c2cc(C)c([Si](C)(C)C)cn2)cc1.[Ir].[c-]1ccc2c(oc3ccccc32)c1-c1nc2ccccc2n1-c1cc(-c2ccccc2)ccc1-c1ccccc1. The van der Waals surface area contributed by atoms with Crippen LogP contribution >= 0.6 is 0 Å². The molecule has 0 spiro atoms. The van der Waals surface area contributed by atoms with Gasteiger partial charge in [-0.1, -0.05) is 152 Å². The first-order valence-electron chi connectivity index (χ1n) is 19.7. The van der Waals surface area contributed by atoms with Crippen LogP contribution in [-0.2, 0) is 20.1 Å². The molecule has 59 heavy (non-hydrogen) atoms. The number of hydrogen-bond acceptors (Lipinski definition) is 3. The molecule has 0 bridgehead atoms. The summed E-state index contributed by atoms with van der Waals surface area (Å²) in [7, 11) is -1.28. The number of imidazole rings is 1. The van der Waals surface area contributed by atoms with Crippen molar-refractivity contribution in [2.45, 2.75) is 33.5 Å². The first-order valence-corrected chi connectivity index (χ1v) is 23.2. The molecule has 291 valence electrons. The largest absolute Gasteiger partial charge is 0.501 e. The Labute approximate surface area is 360 Å². The number of aryl methyl sites for hydroxylation is 2. The quantitative estimate of drug-likeness (QED) is 0.123. The van der Waals surface area contributed by atoms with E-state index in [-0.39, 0.29) is 20.1 Å². The molecular formula is C53H43IrN3OSi-2. The van der Waals surface area contributed by atoms with Gasteiger partial charge in [0.1, 0.15) is 5.58 Å². The first-order chi connectivity index (χ1) is 28.2. The van der Waals surface area contributed by atoms with Gasteiger partial charge in [0.15, 0.2) is 0 Å². The minimum Gasteiger partial charge on any atom is -0.501 e. The third kappa shape index (κ3) is 7.87. The zero-order chi connectivity index (χ0) is 39.8. The fraction of sp³-hybridized carbons (Fsp3) is 0.0943. The van der Waals surface area contributed by atoms with E-state index in [9.17, 15) is 0 Å². The maximum absolute atomic E-state index is 6.45. The Balaban J connectivity index is 0.000000215. The Morgan fingerprint density at radius 3 is 2.08 bits per heavy atom. The van der Waals surface area contributed by atoms with Crippen LogP contribution in [0.2, 0.25) is 19.6 Å². The van der Waals surface area contributed by atoms with E-state index in [1.165, 1.54) is 21.9 Å². The first kappa shape index (κ1) is 39.6.